The molecule has 4 nitrogen and oxygen atoms in total. The van der Waals surface area contributed by atoms with Crippen LogP contribution in [0.25, 0.3) is 16.9 Å². The number of nitrogens with zero attached hydrogens (tertiary/aromatic N) is 2. The highest BCUT2D eigenvalue weighted by Crippen LogP contribution is 2.57. The second kappa shape index (κ2) is 12.1. The molecule has 0 radical (unpaired) electrons. The van der Waals surface area contributed by atoms with E-state index in [9.17, 15) is 4.79 Å². The predicted octanol–water partition coefficient (Wildman–Crippen LogP) is 9.56. The maximum atomic E-state index is 13.3. The lowest BCUT2D eigenvalue weighted by Gasteiger charge is -2.54. The van der Waals surface area contributed by atoms with Gasteiger partial charge in [0.05, 0.1) is 16.4 Å². The number of halogens is 3. The number of amides is 1. The molecule has 1 amide bonds. The van der Waals surface area contributed by atoms with Crippen LogP contribution in [0.5, 0.6) is 0 Å². The van der Waals surface area contributed by atoms with E-state index in [1.807, 2.05) is 37.3 Å². The van der Waals surface area contributed by atoms with E-state index < -0.39 is 0 Å². The molecule has 0 unspecified atom stereocenters. The van der Waals surface area contributed by atoms with Crippen LogP contribution in [-0.2, 0) is 0 Å². The summed E-state index contributed by atoms with van der Waals surface area (Å²) in [4.78, 5) is 13.3. The van der Waals surface area contributed by atoms with Gasteiger partial charge in [0.2, 0.25) is 0 Å². The number of carbonyl (C=O) groups is 1. The van der Waals surface area contributed by atoms with Crippen LogP contribution >= 0.6 is 34.8 Å². The molecule has 7 heteroatoms. The summed E-state index contributed by atoms with van der Waals surface area (Å²) < 4.78 is 1.73. The average molecular weight is 599 g/mol. The van der Waals surface area contributed by atoms with Gasteiger partial charge in [-0.2, -0.15) is 5.10 Å². The Kier molecular flexibility index (Phi) is 8.49. The number of aromatic nitrogens is 2. The van der Waals surface area contributed by atoms with E-state index in [1.165, 1.54) is 51.4 Å². The lowest BCUT2D eigenvalue weighted by Crippen LogP contribution is -2.44. The van der Waals surface area contributed by atoms with Gasteiger partial charge in [-0.05, 0) is 112 Å². The van der Waals surface area contributed by atoms with Crippen molar-refractivity contribution in [2.75, 3.05) is 6.54 Å². The quantitative estimate of drug-likeness (QED) is 0.236. The van der Waals surface area contributed by atoms with Gasteiger partial charge < -0.3 is 5.32 Å². The summed E-state index contributed by atoms with van der Waals surface area (Å²) in [5.74, 6) is 5.00. The first-order valence-electron chi connectivity index (χ1n) is 15.0. The molecule has 2 aromatic carbocycles. The number of hydrogen-bond acceptors (Lipinski definition) is 2. The van der Waals surface area contributed by atoms with Crippen LogP contribution in [0.3, 0.4) is 0 Å². The van der Waals surface area contributed by atoms with Crippen molar-refractivity contribution in [3.05, 3.63) is 68.8 Å². The van der Waals surface area contributed by atoms with Gasteiger partial charge in [-0.15, -0.1) is 0 Å². The summed E-state index contributed by atoms with van der Waals surface area (Å²) in [6, 6.07) is 12.8. The maximum Gasteiger partial charge on any atom is 0.272 e. The van der Waals surface area contributed by atoms with E-state index in [4.69, 9.17) is 39.9 Å². The van der Waals surface area contributed by atoms with Crippen LogP contribution in [0.2, 0.25) is 15.1 Å². The molecule has 212 valence electrons. The molecule has 4 aliphatic rings. The number of rotatable bonds is 10. The van der Waals surface area contributed by atoms with Gasteiger partial charge >= 0.3 is 0 Å². The highest BCUT2D eigenvalue weighted by Gasteiger charge is 2.47. The van der Waals surface area contributed by atoms with Crippen molar-refractivity contribution in [2.45, 2.75) is 71.1 Å². The van der Waals surface area contributed by atoms with Crippen LogP contribution in [-0.4, -0.2) is 22.2 Å². The topological polar surface area (TPSA) is 46.9 Å². The molecule has 0 spiro atoms. The Balaban J connectivity index is 1.05. The Labute approximate surface area is 252 Å². The van der Waals surface area contributed by atoms with Crippen molar-refractivity contribution >= 4 is 40.7 Å². The molecular formula is C33H38Cl3N3O. The molecule has 4 fully saturated rings. The van der Waals surface area contributed by atoms with E-state index in [2.05, 4.69) is 5.32 Å². The Hall–Kier alpha value is -2.01. The highest BCUT2D eigenvalue weighted by molar-refractivity contribution is 6.35. The number of nitrogens with one attached hydrogen (secondary N) is 1. The van der Waals surface area contributed by atoms with Crippen molar-refractivity contribution < 1.29 is 4.79 Å². The predicted molar refractivity (Wildman–Crippen MR) is 165 cm³/mol. The summed E-state index contributed by atoms with van der Waals surface area (Å²) >= 11 is 18.8. The second-order valence-corrected chi connectivity index (χ2v) is 13.7. The van der Waals surface area contributed by atoms with Gasteiger partial charge in [0, 0.05) is 27.7 Å². The largest absolute Gasteiger partial charge is 0.351 e. The van der Waals surface area contributed by atoms with Crippen molar-refractivity contribution in [3.63, 3.8) is 0 Å². The fourth-order valence-electron chi connectivity index (χ4n) is 8.14. The third kappa shape index (κ3) is 5.82. The lowest BCUT2D eigenvalue weighted by molar-refractivity contribution is -0.0404. The first-order valence-corrected chi connectivity index (χ1v) is 16.1. The fourth-order valence-corrected chi connectivity index (χ4v) is 8.75. The third-order valence-corrected chi connectivity index (χ3v) is 10.6. The van der Waals surface area contributed by atoms with Crippen molar-refractivity contribution in [1.29, 1.82) is 0 Å². The molecule has 3 aromatic rings. The van der Waals surface area contributed by atoms with E-state index in [0.717, 1.165) is 59.3 Å². The first kappa shape index (κ1) is 28.1. The zero-order valence-corrected chi connectivity index (χ0v) is 25.4. The van der Waals surface area contributed by atoms with Crippen LogP contribution in [0.4, 0.5) is 0 Å². The lowest BCUT2D eigenvalue weighted by atomic mass is 9.51. The molecule has 1 N–H and O–H groups in total. The number of unbranched alkanes of at least 4 members (excludes halogenated alkanes) is 3. The van der Waals surface area contributed by atoms with Gasteiger partial charge in [-0.3, -0.25) is 4.79 Å². The number of carbonyl (C=O) groups excluding carboxylic acids is 1. The van der Waals surface area contributed by atoms with Crippen molar-refractivity contribution in [2.24, 2.45) is 29.6 Å². The Morgan fingerprint density at radius 3 is 2.20 bits per heavy atom. The number of benzene rings is 2. The fraction of sp³-hybridized carbons (Fsp3) is 0.515. The van der Waals surface area contributed by atoms with Crippen molar-refractivity contribution in [1.82, 2.24) is 15.1 Å². The Bertz CT molecular complexity index is 1340. The van der Waals surface area contributed by atoms with E-state index >= 15 is 0 Å². The van der Waals surface area contributed by atoms with Crippen LogP contribution in [0, 0.1) is 36.5 Å². The average Bonchev–Trinajstić information content (AvgIpc) is 3.26. The molecule has 4 aliphatic carbocycles. The molecule has 1 heterocycles. The zero-order valence-electron chi connectivity index (χ0n) is 23.1. The standard InChI is InChI=1S/C33H38Cl3N3O/c1-20-31(38-39(30-12-11-27(35)19-29(30)36)32(20)23-7-9-26(34)10-8-23)33(40)37-13-5-3-2-4-6-28-24-15-21-14-22(17-24)18-25(28)16-21/h7-12,19,21-22,24-25,28H,2-6,13-18H2,1H3,(H,37,40)/t21-,22+,24-,25+,28?. The van der Waals surface area contributed by atoms with Crippen LogP contribution < -0.4 is 5.32 Å². The minimum absolute atomic E-state index is 0.162. The van der Waals surface area contributed by atoms with E-state index in [1.54, 1.807) is 16.8 Å². The molecule has 40 heavy (non-hydrogen) atoms. The molecule has 4 bridgehead atoms. The summed E-state index contributed by atoms with van der Waals surface area (Å²) in [6.07, 6.45) is 13.7. The molecule has 0 atom stereocenters. The zero-order chi connectivity index (χ0) is 27.8. The smallest absolute Gasteiger partial charge is 0.272 e. The van der Waals surface area contributed by atoms with Gasteiger partial charge in [0.15, 0.2) is 5.69 Å². The molecule has 0 aliphatic heterocycles. The van der Waals surface area contributed by atoms with Gasteiger partial charge in [-0.25, -0.2) is 4.68 Å². The Morgan fingerprint density at radius 1 is 0.875 bits per heavy atom. The molecule has 4 saturated carbocycles. The summed E-state index contributed by atoms with van der Waals surface area (Å²) in [6.45, 7) is 2.58. The van der Waals surface area contributed by atoms with Gasteiger partial charge in [0.25, 0.3) is 5.91 Å². The van der Waals surface area contributed by atoms with E-state index in [0.29, 0.717) is 33.0 Å². The number of hydrogen-bond donors (Lipinski definition) is 1. The summed E-state index contributed by atoms with van der Waals surface area (Å²) in [5, 5.41) is 9.49. The highest BCUT2D eigenvalue weighted by atomic mass is 35.5. The van der Waals surface area contributed by atoms with Crippen LogP contribution in [0.1, 0.15) is 80.3 Å². The SMILES string of the molecule is Cc1c(C(=O)NCCCCCCC2[C@H]3C[C@@H]4C[C@@H](C[C@H]2C4)C3)nn(-c2ccc(Cl)cc2Cl)c1-c1ccc(Cl)cc1. The summed E-state index contributed by atoms with van der Waals surface area (Å²) in [7, 11) is 0. The monoisotopic (exact) mass is 597 g/mol. The Morgan fingerprint density at radius 2 is 1.52 bits per heavy atom. The van der Waals surface area contributed by atoms with E-state index in [-0.39, 0.29) is 5.91 Å². The maximum absolute atomic E-state index is 13.3. The molecule has 7 rings (SSSR count). The summed E-state index contributed by atoms with van der Waals surface area (Å²) in [5.41, 5.74) is 3.56. The third-order valence-electron chi connectivity index (χ3n) is 9.76. The molecule has 1 aromatic heterocycles. The van der Waals surface area contributed by atoms with Crippen LogP contribution in [0.15, 0.2) is 42.5 Å². The second-order valence-electron chi connectivity index (χ2n) is 12.4. The van der Waals surface area contributed by atoms with Gasteiger partial charge in [0.1, 0.15) is 0 Å². The van der Waals surface area contributed by atoms with Crippen molar-refractivity contribution in [3.8, 4) is 16.9 Å². The molecule has 0 saturated heterocycles. The minimum atomic E-state index is -0.162. The molecular weight excluding hydrogens is 561 g/mol. The van der Waals surface area contributed by atoms with Gasteiger partial charge in [-0.1, -0.05) is 66.2 Å². The minimum Gasteiger partial charge on any atom is -0.351 e. The first-order chi connectivity index (χ1) is 19.4. The normalized spacial score (nSPS) is 24.9.